The molecule has 0 N–H and O–H groups in total. The Hall–Kier alpha value is -0.330. The van der Waals surface area contributed by atoms with Gasteiger partial charge in [-0.1, -0.05) is 156 Å². The molecule has 0 saturated carbocycles. The van der Waals surface area contributed by atoms with E-state index in [0.717, 1.165) is 12.3 Å². The first kappa shape index (κ1) is 29.7. The maximum atomic E-state index is 11.2. The molecule has 0 radical (unpaired) electrons. The van der Waals surface area contributed by atoms with Crippen LogP contribution < -0.4 is 0 Å². The Morgan fingerprint density at radius 1 is 0.500 bits per heavy atom. The molecule has 0 heterocycles. The summed E-state index contributed by atoms with van der Waals surface area (Å²) in [7, 11) is 0. The van der Waals surface area contributed by atoms with Gasteiger partial charge in [0.2, 0.25) is 0 Å². The second kappa shape index (κ2) is 23.3. The predicted octanol–water partition coefficient (Wildman–Crippen LogP) is 10.4. The normalized spacial score (nSPS) is 13.5. The van der Waals surface area contributed by atoms with Gasteiger partial charge in [0.15, 0.2) is 0 Å². The maximum Gasteiger partial charge on any atom is 0.132 e. The number of carbonyl (C=O) groups excluding carboxylic acids is 1. The largest absolute Gasteiger partial charge is 0.300 e. The SMILES string of the molecule is CCCCCCCCCCCCCCCCC(C)CCCCCCCC(C)C(C)=O. The van der Waals surface area contributed by atoms with Gasteiger partial charge >= 0.3 is 0 Å². The number of unbranched alkanes of at least 4 members (excludes halogenated alkanes) is 17. The molecular formula is C29H58O. The van der Waals surface area contributed by atoms with Gasteiger partial charge < -0.3 is 0 Å². The van der Waals surface area contributed by atoms with E-state index in [0.29, 0.717) is 5.78 Å². The third-order valence-corrected chi connectivity index (χ3v) is 7.08. The zero-order valence-electron chi connectivity index (χ0n) is 21.6. The molecule has 0 rings (SSSR count). The number of Topliss-reactive ketones (excluding diaryl/α,β-unsaturated/α-hetero) is 1. The topological polar surface area (TPSA) is 17.1 Å². The van der Waals surface area contributed by atoms with Crippen molar-refractivity contribution in [2.45, 2.75) is 169 Å². The van der Waals surface area contributed by atoms with E-state index in [9.17, 15) is 4.79 Å². The Labute approximate surface area is 191 Å². The third-order valence-electron chi connectivity index (χ3n) is 7.08. The minimum absolute atomic E-state index is 0.273. The Morgan fingerprint density at radius 2 is 0.800 bits per heavy atom. The Bertz CT molecular complexity index is 348. The van der Waals surface area contributed by atoms with Crippen molar-refractivity contribution < 1.29 is 4.79 Å². The van der Waals surface area contributed by atoms with E-state index < -0.39 is 0 Å². The van der Waals surface area contributed by atoms with E-state index in [-0.39, 0.29) is 5.92 Å². The molecule has 0 aliphatic carbocycles. The van der Waals surface area contributed by atoms with Crippen LogP contribution in [0.3, 0.4) is 0 Å². The van der Waals surface area contributed by atoms with Crippen molar-refractivity contribution in [1.82, 2.24) is 0 Å². The zero-order valence-corrected chi connectivity index (χ0v) is 21.6. The molecule has 0 aromatic carbocycles. The standard InChI is InChI=1S/C29H58O/c1-5-6-7-8-9-10-11-12-13-14-15-16-18-21-24-27(2)25-22-19-17-20-23-26-28(3)29(4)30/h27-28H,5-26H2,1-4H3. The fraction of sp³-hybridized carbons (Fsp3) is 0.966. The number of carbonyl (C=O) groups is 1. The summed E-state index contributed by atoms with van der Waals surface area (Å²) in [4.78, 5) is 11.2. The summed E-state index contributed by atoms with van der Waals surface area (Å²) in [5.74, 6) is 1.54. The first-order valence-electron chi connectivity index (χ1n) is 14.1. The van der Waals surface area contributed by atoms with Crippen LogP contribution in [0.4, 0.5) is 0 Å². The van der Waals surface area contributed by atoms with Crippen molar-refractivity contribution >= 4 is 5.78 Å². The molecule has 0 aliphatic heterocycles. The summed E-state index contributed by atoms with van der Waals surface area (Å²) in [6.07, 6.45) is 31.0. The average Bonchev–Trinajstić information content (AvgIpc) is 2.73. The molecule has 2 atom stereocenters. The fourth-order valence-electron chi connectivity index (χ4n) is 4.51. The number of rotatable bonds is 24. The summed E-state index contributed by atoms with van der Waals surface area (Å²) in [6, 6.07) is 0. The molecule has 180 valence electrons. The fourth-order valence-corrected chi connectivity index (χ4v) is 4.51. The van der Waals surface area contributed by atoms with Crippen molar-refractivity contribution in [3.05, 3.63) is 0 Å². The monoisotopic (exact) mass is 422 g/mol. The van der Waals surface area contributed by atoms with Crippen molar-refractivity contribution in [2.75, 3.05) is 0 Å². The lowest BCUT2D eigenvalue weighted by molar-refractivity contribution is -0.120. The van der Waals surface area contributed by atoms with Gasteiger partial charge in [-0.25, -0.2) is 0 Å². The van der Waals surface area contributed by atoms with Crippen LogP contribution in [0.2, 0.25) is 0 Å². The molecule has 0 bridgehead atoms. The minimum atomic E-state index is 0.273. The molecule has 0 aromatic rings. The van der Waals surface area contributed by atoms with Gasteiger partial charge in [0.25, 0.3) is 0 Å². The van der Waals surface area contributed by atoms with E-state index in [4.69, 9.17) is 0 Å². The highest BCUT2D eigenvalue weighted by molar-refractivity contribution is 5.77. The van der Waals surface area contributed by atoms with Gasteiger partial charge in [-0.2, -0.15) is 0 Å². The van der Waals surface area contributed by atoms with Gasteiger partial charge in [-0.15, -0.1) is 0 Å². The molecule has 0 spiro atoms. The van der Waals surface area contributed by atoms with Gasteiger partial charge in [0.05, 0.1) is 0 Å². The highest BCUT2D eigenvalue weighted by Crippen LogP contribution is 2.19. The lowest BCUT2D eigenvalue weighted by Gasteiger charge is -2.11. The van der Waals surface area contributed by atoms with Crippen molar-refractivity contribution in [1.29, 1.82) is 0 Å². The Morgan fingerprint density at radius 3 is 1.13 bits per heavy atom. The van der Waals surface area contributed by atoms with Crippen molar-refractivity contribution in [3.8, 4) is 0 Å². The van der Waals surface area contributed by atoms with Gasteiger partial charge in [-0.3, -0.25) is 4.79 Å². The molecule has 1 heteroatoms. The van der Waals surface area contributed by atoms with E-state index in [2.05, 4.69) is 20.8 Å². The van der Waals surface area contributed by atoms with Crippen LogP contribution in [0.15, 0.2) is 0 Å². The molecule has 1 nitrogen and oxygen atoms in total. The lowest BCUT2D eigenvalue weighted by atomic mass is 9.95. The van der Waals surface area contributed by atoms with Crippen molar-refractivity contribution in [3.63, 3.8) is 0 Å². The highest BCUT2D eigenvalue weighted by atomic mass is 16.1. The first-order chi connectivity index (χ1) is 14.6. The summed E-state index contributed by atoms with van der Waals surface area (Å²) < 4.78 is 0. The van der Waals surface area contributed by atoms with Crippen LogP contribution in [-0.2, 0) is 4.79 Å². The molecule has 0 fully saturated rings. The molecule has 0 amide bonds. The van der Waals surface area contributed by atoms with Gasteiger partial charge in [0.1, 0.15) is 5.78 Å². The first-order valence-corrected chi connectivity index (χ1v) is 14.1. The van der Waals surface area contributed by atoms with Crippen LogP contribution >= 0.6 is 0 Å². The number of hydrogen-bond acceptors (Lipinski definition) is 1. The summed E-state index contributed by atoms with van der Waals surface area (Å²) in [6.45, 7) is 8.55. The lowest BCUT2D eigenvalue weighted by Crippen LogP contribution is -2.05. The zero-order chi connectivity index (χ0) is 22.3. The summed E-state index contributed by atoms with van der Waals surface area (Å²) >= 11 is 0. The summed E-state index contributed by atoms with van der Waals surface area (Å²) in [5, 5.41) is 0. The van der Waals surface area contributed by atoms with Crippen LogP contribution in [0.5, 0.6) is 0 Å². The van der Waals surface area contributed by atoms with Gasteiger partial charge in [-0.05, 0) is 19.3 Å². The van der Waals surface area contributed by atoms with E-state index >= 15 is 0 Å². The molecule has 2 unspecified atom stereocenters. The van der Waals surface area contributed by atoms with E-state index in [1.165, 1.54) is 135 Å². The third kappa shape index (κ3) is 22.4. The van der Waals surface area contributed by atoms with E-state index in [1.54, 1.807) is 6.92 Å². The van der Waals surface area contributed by atoms with Crippen LogP contribution in [0.25, 0.3) is 0 Å². The second-order valence-electron chi connectivity index (χ2n) is 10.3. The van der Waals surface area contributed by atoms with Crippen LogP contribution in [-0.4, -0.2) is 5.78 Å². The van der Waals surface area contributed by atoms with Crippen molar-refractivity contribution in [2.24, 2.45) is 11.8 Å². The van der Waals surface area contributed by atoms with Crippen LogP contribution in [0, 0.1) is 11.8 Å². The predicted molar refractivity (Wildman–Crippen MR) is 136 cm³/mol. The molecule has 30 heavy (non-hydrogen) atoms. The number of hydrogen-bond donors (Lipinski definition) is 0. The molecule has 0 saturated heterocycles. The Balaban J connectivity index is 3.20. The molecule has 0 aliphatic rings. The maximum absolute atomic E-state index is 11.2. The molecular weight excluding hydrogens is 364 g/mol. The average molecular weight is 423 g/mol. The smallest absolute Gasteiger partial charge is 0.132 e. The molecule has 0 aromatic heterocycles. The minimum Gasteiger partial charge on any atom is -0.300 e. The number of ketones is 1. The van der Waals surface area contributed by atoms with Gasteiger partial charge in [0, 0.05) is 5.92 Å². The van der Waals surface area contributed by atoms with E-state index in [1.807, 2.05) is 0 Å². The summed E-state index contributed by atoms with van der Waals surface area (Å²) in [5.41, 5.74) is 0. The van der Waals surface area contributed by atoms with Crippen LogP contribution in [0.1, 0.15) is 169 Å². The quantitative estimate of drug-likeness (QED) is 0.141. The highest BCUT2D eigenvalue weighted by Gasteiger charge is 2.06. The second-order valence-corrected chi connectivity index (χ2v) is 10.3. The Kier molecular flexibility index (Phi) is 23.1.